The summed E-state index contributed by atoms with van der Waals surface area (Å²) in [5.41, 5.74) is 2.00. The normalized spacial score (nSPS) is 15.5. The van der Waals surface area contributed by atoms with Crippen LogP contribution in [0.25, 0.3) is 0 Å². The minimum Gasteiger partial charge on any atom is -0.493 e. The van der Waals surface area contributed by atoms with Gasteiger partial charge >= 0.3 is 0 Å². The summed E-state index contributed by atoms with van der Waals surface area (Å²) in [4.78, 5) is 17.0. The molecular formula is C24H31FN2O4. The smallest absolute Gasteiger partial charge is 0.223 e. The average Bonchev–Trinajstić information content (AvgIpc) is 2.79. The number of amides is 1. The van der Waals surface area contributed by atoms with Crippen molar-refractivity contribution in [3.8, 4) is 17.2 Å². The summed E-state index contributed by atoms with van der Waals surface area (Å²) in [6.45, 7) is 5.65. The maximum atomic E-state index is 13.1. The minimum atomic E-state index is -0.260. The van der Waals surface area contributed by atoms with Crippen molar-refractivity contribution in [1.82, 2.24) is 9.80 Å². The molecule has 0 aliphatic carbocycles. The fourth-order valence-electron chi connectivity index (χ4n) is 3.98. The Kier molecular flexibility index (Phi) is 7.74. The van der Waals surface area contributed by atoms with E-state index in [0.717, 1.165) is 24.2 Å². The van der Waals surface area contributed by atoms with Gasteiger partial charge in [0.05, 0.1) is 21.3 Å². The maximum absolute atomic E-state index is 13.1. The summed E-state index contributed by atoms with van der Waals surface area (Å²) in [6, 6.07) is 10.3. The lowest BCUT2D eigenvalue weighted by Gasteiger charge is -2.35. The Morgan fingerprint density at radius 2 is 1.58 bits per heavy atom. The third-order valence-electron chi connectivity index (χ3n) is 5.82. The molecule has 6 nitrogen and oxygen atoms in total. The van der Waals surface area contributed by atoms with Gasteiger partial charge in [-0.3, -0.25) is 9.69 Å². The number of ether oxygens (including phenoxy) is 3. The van der Waals surface area contributed by atoms with Crippen molar-refractivity contribution in [2.24, 2.45) is 0 Å². The van der Waals surface area contributed by atoms with E-state index in [1.165, 1.54) is 12.1 Å². The Labute approximate surface area is 183 Å². The number of carbonyl (C=O) groups is 1. The Balaban J connectivity index is 1.56. The predicted octanol–water partition coefficient (Wildman–Crippen LogP) is 3.69. The molecule has 1 aliphatic heterocycles. The Bertz CT molecular complexity index is 880. The molecule has 1 amide bonds. The van der Waals surface area contributed by atoms with Crippen molar-refractivity contribution in [1.29, 1.82) is 0 Å². The van der Waals surface area contributed by atoms with Crippen LogP contribution in [-0.4, -0.2) is 63.2 Å². The quantitative estimate of drug-likeness (QED) is 0.639. The number of benzene rings is 2. The lowest BCUT2D eigenvalue weighted by molar-refractivity contribution is -0.133. The molecule has 1 aliphatic rings. The molecule has 31 heavy (non-hydrogen) atoms. The van der Waals surface area contributed by atoms with Crippen LogP contribution < -0.4 is 14.2 Å². The molecule has 168 valence electrons. The van der Waals surface area contributed by atoms with E-state index in [-0.39, 0.29) is 17.6 Å². The summed E-state index contributed by atoms with van der Waals surface area (Å²) in [7, 11) is 4.82. The van der Waals surface area contributed by atoms with Crippen LogP contribution in [0.4, 0.5) is 4.39 Å². The largest absolute Gasteiger partial charge is 0.493 e. The van der Waals surface area contributed by atoms with Gasteiger partial charge in [-0.2, -0.15) is 0 Å². The summed E-state index contributed by atoms with van der Waals surface area (Å²) in [5.74, 6) is 1.83. The van der Waals surface area contributed by atoms with Crippen LogP contribution in [0.2, 0.25) is 0 Å². The van der Waals surface area contributed by atoms with Gasteiger partial charge < -0.3 is 19.1 Å². The summed E-state index contributed by atoms with van der Waals surface area (Å²) < 4.78 is 29.5. The third-order valence-corrected chi connectivity index (χ3v) is 5.82. The number of carbonyl (C=O) groups excluding carboxylic acids is 1. The van der Waals surface area contributed by atoms with Crippen LogP contribution in [0, 0.1) is 5.82 Å². The van der Waals surface area contributed by atoms with Gasteiger partial charge in [-0.05, 0) is 29.7 Å². The molecule has 0 bridgehead atoms. The molecule has 3 rings (SSSR count). The molecule has 1 saturated heterocycles. The van der Waals surface area contributed by atoms with E-state index in [4.69, 9.17) is 14.2 Å². The Morgan fingerprint density at radius 1 is 0.935 bits per heavy atom. The fraction of sp³-hybridized carbons (Fsp3) is 0.458. The molecule has 0 N–H and O–H groups in total. The highest BCUT2D eigenvalue weighted by Gasteiger charge is 2.24. The van der Waals surface area contributed by atoms with E-state index in [9.17, 15) is 9.18 Å². The number of nitrogens with zero attached hydrogens (tertiary/aromatic N) is 2. The monoisotopic (exact) mass is 430 g/mol. The number of halogens is 1. The molecule has 0 saturated carbocycles. The number of hydrogen-bond donors (Lipinski definition) is 0. The summed E-state index contributed by atoms with van der Waals surface area (Å²) in [6.07, 6.45) is 0.426. The van der Waals surface area contributed by atoms with Crippen molar-refractivity contribution in [2.45, 2.75) is 25.8 Å². The van der Waals surface area contributed by atoms with Gasteiger partial charge in [0.2, 0.25) is 11.7 Å². The zero-order chi connectivity index (χ0) is 22.4. The second-order valence-corrected chi connectivity index (χ2v) is 7.81. The molecule has 0 aromatic heterocycles. The van der Waals surface area contributed by atoms with Gasteiger partial charge in [0, 0.05) is 44.7 Å². The second kappa shape index (κ2) is 10.5. The number of hydrogen-bond acceptors (Lipinski definition) is 5. The first-order valence-electron chi connectivity index (χ1n) is 10.5. The van der Waals surface area contributed by atoms with Crippen LogP contribution in [0.5, 0.6) is 17.2 Å². The SMILES string of the molecule is COc1ccc(CN2CCN(C(=O)CC(C)c3ccc(F)cc3)CC2)c(OC)c1OC. The van der Waals surface area contributed by atoms with Gasteiger partial charge in [0.1, 0.15) is 5.82 Å². The van der Waals surface area contributed by atoms with E-state index in [1.807, 2.05) is 24.0 Å². The topological polar surface area (TPSA) is 51.2 Å². The number of piperazine rings is 1. The highest BCUT2D eigenvalue weighted by atomic mass is 19.1. The van der Waals surface area contributed by atoms with Crippen molar-refractivity contribution < 1.29 is 23.4 Å². The van der Waals surface area contributed by atoms with Gasteiger partial charge in [0.25, 0.3) is 0 Å². The number of rotatable bonds is 8. The van der Waals surface area contributed by atoms with E-state index in [2.05, 4.69) is 4.90 Å². The second-order valence-electron chi connectivity index (χ2n) is 7.81. The van der Waals surface area contributed by atoms with Gasteiger partial charge in [-0.1, -0.05) is 25.1 Å². The minimum absolute atomic E-state index is 0.0576. The molecule has 1 heterocycles. The molecule has 0 radical (unpaired) electrons. The standard InChI is InChI=1S/C24H31FN2O4/c1-17(18-5-8-20(25)9-6-18)15-22(28)27-13-11-26(12-14-27)16-19-7-10-21(29-2)24(31-4)23(19)30-3/h5-10,17H,11-16H2,1-4H3. The summed E-state index contributed by atoms with van der Waals surface area (Å²) in [5, 5.41) is 0. The van der Waals surface area contributed by atoms with Crippen molar-refractivity contribution in [3.05, 3.63) is 53.3 Å². The number of methoxy groups -OCH3 is 3. The first-order valence-corrected chi connectivity index (χ1v) is 10.5. The lowest BCUT2D eigenvalue weighted by atomic mass is 9.97. The van der Waals surface area contributed by atoms with E-state index >= 15 is 0 Å². The van der Waals surface area contributed by atoms with Crippen molar-refractivity contribution in [2.75, 3.05) is 47.5 Å². The molecule has 7 heteroatoms. The van der Waals surface area contributed by atoms with Crippen LogP contribution in [0.1, 0.15) is 30.4 Å². The summed E-state index contributed by atoms with van der Waals surface area (Å²) >= 11 is 0. The van der Waals surface area contributed by atoms with Gasteiger partial charge in [0.15, 0.2) is 11.5 Å². The highest BCUT2D eigenvalue weighted by molar-refractivity contribution is 5.77. The predicted molar refractivity (Wildman–Crippen MR) is 117 cm³/mol. The van der Waals surface area contributed by atoms with Crippen LogP contribution in [0.15, 0.2) is 36.4 Å². The van der Waals surface area contributed by atoms with Crippen LogP contribution in [-0.2, 0) is 11.3 Å². The molecule has 1 atom stereocenters. The molecule has 1 unspecified atom stereocenters. The Hall–Kier alpha value is -2.80. The van der Waals surface area contributed by atoms with E-state index in [0.29, 0.717) is 43.3 Å². The first-order chi connectivity index (χ1) is 15.0. The van der Waals surface area contributed by atoms with E-state index in [1.54, 1.807) is 33.5 Å². The molecule has 0 spiro atoms. The Morgan fingerprint density at radius 3 is 2.16 bits per heavy atom. The first kappa shape index (κ1) is 22.9. The maximum Gasteiger partial charge on any atom is 0.223 e. The zero-order valence-electron chi connectivity index (χ0n) is 18.7. The zero-order valence-corrected chi connectivity index (χ0v) is 18.7. The van der Waals surface area contributed by atoms with Gasteiger partial charge in [-0.15, -0.1) is 0 Å². The van der Waals surface area contributed by atoms with Crippen molar-refractivity contribution >= 4 is 5.91 Å². The van der Waals surface area contributed by atoms with Gasteiger partial charge in [-0.25, -0.2) is 4.39 Å². The van der Waals surface area contributed by atoms with Crippen molar-refractivity contribution in [3.63, 3.8) is 0 Å². The molecule has 2 aromatic rings. The molecule has 2 aromatic carbocycles. The van der Waals surface area contributed by atoms with Crippen LogP contribution >= 0.6 is 0 Å². The highest BCUT2D eigenvalue weighted by Crippen LogP contribution is 2.40. The molecular weight excluding hydrogens is 399 g/mol. The fourth-order valence-corrected chi connectivity index (χ4v) is 3.98. The molecule has 1 fully saturated rings. The third kappa shape index (κ3) is 5.47. The van der Waals surface area contributed by atoms with E-state index < -0.39 is 0 Å². The lowest BCUT2D eigenvalue weighted by Crippen LogP contribution is -2.48. The average molecular weight is 431 g/mol. The van der Waals surface area contributed by atoms with Crippen LogP contribution in [0.3, 0.4) is 0 Å².